The molecular weight excluding hydrogens is 448 g/mol. The number of amides is 1. The van der Waals surface area contributed by atoms with Crippen molar-refractivity contribution in [3.8, 4) is 0 Å². The number of allylic oxidation sites excluding steroid dienone is 1. The van der Waals surface area contributed by atoms with E-state index >= 15 is 0 Å². The van der Waals surface area contributed by atoms with Crippen LogP contribution in [0.15, 0.2) is 41.5 Å². The number of sulfonamides is 1. The number of hydrogen-bond acceptors (Lipinski definition) is 4. The number of rotatable bonds is 7. The van der Waals surface area contributed by atoms with Gasteiger partial charge in [-0.25, -0.2) is 12.7 Å². The molecule has 1 saturated heterocycles. The number of carbonyl (C=O) groups is 1. The molecule has 7 nitrogen and oxygen atoms in total. The molecule has 0 radical (unpaired) electrons. The van der Waals surface area contributed by atoms with Crippen LogP contribution in [-0.4, -0.2) is 53.8 Å². The van der Waals surface area contributed by atoms with Gasteiger partial charge in [0.25, 0.3) is 5.91 Å². The monoisotopic (exact) mass is 482 g/mol. The summed E-state index contributed by atoms with van der Waals surface area (Å²) in [5, 5.41) is 4.21. The molecule has 2 aliphatic heterocycles. The zero-order chi connectivity index (χ0) is 23.6. The maximum Gasteiger partial charge on any atom is 0.253 e. The second-order valence-electron chi connectivity index (χ2n) is 9.86. The number of carbonyl (C=O) groups excluding carboxylic acids is 1. The van der Waals surface area contributed by atoms with Gasteiger partial charge in [0.05, 0.1) is 5.75 Å². The maximum atomic E-state index is 12.9. The van der Waals surface area contributed by atoms with Gasteiger partial charge < -0.3 is 10.3 Å². The van der Waals surface area contributed by atoms with Gasteiger partial charge in [-0.05, 0) is 56.2 Å². The van der Waals surface area contributed by atoms with E-state index in [2.05, 4.69) is 28.5 Å². The fourth-order valence-corrected chi connectivity index (χ4v) is 7.09. The Kier molecular flexibility index (Phi) is 6.62. The van der Waals surface area contributed by atoms with Gasteiger partial charge in [0.2, 0.25) is 10.0 Å². The molecule has 3 heterocycles. The summed E-state index contributed by atoms with van der Waals surface area (Å²) in [6, 6.07) is 8.17. The lowest BCUT2D eigenvalue weighted by Crippen LogP contribution is -2.50. The smallest absolute Gasteiger partial charge is 0.253 e. The first-order valence-electron chi connectivity index (χ1n) is 12.6. The molecule has 2 N–H and O–H groups in total. The van der Waals surface area contributed by atoms with E-state index in [1.165, 1.54) is 24.6 Å². The van der Waals surface area contributed by atoms with Gasteiger partial charge in [-0.3, -0.25) is 9.79 Å². The highest BCUT2D eigenvalue weighted by atomic mass is 32.2. The number of aromatic amines is 1. The normalized spacial score (nSPS) is 22.0. The molecule has 1 spiro atoms. The molecule has 0 atom stereocenters. The number of H-pyrrole nitrogens is 1. The second-order valence-corrected chi connectivity index (χ2v) is 12.0. The van der Waals surface area contributed by atoms with E-state index in [1.54, 1.807) is 4.31 Å². The molecule has 3 aliphatic rings. The minimum atomic E-state index is -3.34. The van der Waals surface area contributed by atoms with Crippen LogP contribution in [0.2, 0.25) is 0 Å². The average Bonchev–Trinajstić information content (AvgIpc) is 3.45. The SMILES string of the molecule is O=C1NC(C2CCCCC2)=NC12CCN(S(=O)(=O)CCCC=Cc1cccc3[nH]ccc13)CC2. The highest BCUT2D eigenvalue weighted by Crippen LogP contribution is 2.34. The van der Waals surface area contributed by atoms with Gasteiger partial charge in [-0.15, -0.1) is 0 Å². The van der Waals surface area contributed by atoms with Crippen molar-refractivity contribution in [2.45, 2.75) is 63.3 Å². The summed E-state index contributed by atoms with van der Waals surface area (Å²) in [7, 11) is -3.34. The van der Waals surface area contributed by atoms with E-state index in [0.717, 1.165) is 29.8 Å². The Morgan fingerprint density at radius 2 is 1.91 bits per heavy atom. The zero-order valence-electron chi connectivity index (χ0n) is 19.6. The quantitative estimate of drug-likeness (QED) is 0.578. The van der Waals surface area contributed by atoms with E-state index < -0.39 is 15.6 Å². The summed E-state index contributed by atoms with van der Waals surface area (Å²) in [4.78, 5) is 20.8. The van der Waals surface area contributed by atoms with E-state index in [9.17, 15) is 13.2 Å². The van der Waals surface area contributed by atoms with Gasteiger partial charge in [0.1, 0.15) is 11.4 Å². The van der Waals surface area contributed by atoms with E-state index in [4.69, 9.17) is 4.99 Å². The molecule has 0 unspecified atom stereocenters. The Hall–Kier alpha value is -2.45. The Bertz CT molecular complexity index is 1200. The minimum absolute atomic E-state index is 0.0345. The number of fused-ring (bicyclic) bond motifs is 1. The first kappa shape index (κ1) is 23.3. The fourth-order valence-electron chi connectivity index (χ4n) is 5.56. The van der Waals surface area contributed by atoms with Gasteiger partial charge >= 0.3 is 0 Å². The molecule has 5 rings (SSSR count). The molecule has 182 valence electrons. The van der Waals surface area contributed by atoms with Gasteiger partial charge in [-0.2, -0.15) is 0 Å². The molecule has 2 fully saturated rings. The lowest BCUT2D eigenvalue weighted by molar-refractivity contribution is -0.125. The fraction of sp³-hybridized carbons (Fsp3) is 0.538. The van der Waals surface area contributed by atoms with Gasteiger partial charge in [0, 0.05) is 36.1 Å². The Labute approximate surface area is 201 Å². The first-order chi connectivity index (χ1) is 16.5. The van der Waals surface area contributed by atoms with Crippen molar-refractivity contribution < 1.29 is 13.2 Å². The highest BCUT2D eigenvalue weighted by molar-refractivity contribution is 7.89. The number of benzene rings is 1. The van der Waals surface area contributed by atoms with Crippen LogP contribution in [0.4, 0.5) is 0 Å². The number of nitrogens with one attached hydrogen (secondary N) is 2. The van der Waals surface area contributed by atoms with Crippen LogP contribution in [0.3, 0.4) is 0 Å². The van der Waals surface area contributed by atoms with Crippen molar-refractivity contribution in [2.75, 3.05) is 18.8 Å². The van der Waals surface area contributed by atoms with Crippen molar-refractivity contribution in [1.29, 1.82) is 0 Å². The average molecular weight is 483 g/mol. The predicted molar refractivity (Wildman–Crippen MR) is 136 cm³/mol. The van der Waals surface area contributed by atoms with Crippen LogP contribution in [0, 0.1) is 5.92 Å². The van der Waals surface area contributed by atoms with Crippen molar-refractivity contribution in [2.24, 2.45) is 10.9 Å². The molecule has 1 amide bonds. The maximum absolute atomic E-state index is 12.9. The number of aromatic nitrogens is 1. The van der Waals surface area contributed by atoms with E-state index in [1.807, 2.05) is 24.4 Å². The third-order valence-corrected chi connectivity index (χ3v) is 9.59. The summed E-state index contributed by atoms with van der Waals surface area (Å²) in [6.45, 7) is 0.727. The Morgan fingerprint density at radius 3 is 2.71 bits per heavy atom. The van der Waals surface area contributed by atoms with Crippen molar-refractivity contribution in [3.63, 3.8) is 0 Å². The van der Waals surface area contributed by atoms with Crippen LogP contribution >= 0.6 is 0 Å². The van der Waals surface area contributed by atoms with Gasteiger partial charge in [0.15, 0.2) is 0 Å². The van der Waals surface area contributed by atoms with Crippen LogP contribution < -0.4 is 5.32 Å². The van der Waals surface area contributed by atoms with Crippen molar-refractivity contribution in [1.82, 2.24) is 14.6 Å². The standard InChI is InChI=1S/C26H34N4O3S/c31-25-26(29-24(28-25)21-9-3-1-4-10-21)14-17-30(18-15-26)34(32,33)19-6-2-5-8-20-11-7-12-23-22(20)13-16-27-23/h5,7-8,11-13,16,21,27H,1-4,6,9-10,14-15,17-19H2,(H,28,29,31). The van der Waals surface area contributed by atoms with Crippen LogP contribution in [0.25, 0.3) is 17.0 Å². The number of aliphatic imine (C=N–C) groups is 1. The molecule has 1 aliphatic carbocycles. The summed E-state index contributed by atoms with van der Waals surface area (Å²) >= 11 is 0. The first-order valence-corrected chi connectivity index (χ1v) is 14.2. The topological polar surface area (TPSA) is 94.6 Å². The predicted octanol–water partition coefficient (Wildman–Crippen LogP) is 4.23. The summed E-state index contributed by atoms with van der Waals surface area (Å²) in [6.07, 6.45) is 14.1. The number of amidine groups is 1. The Morgan fingerprint density at radius 1 is 1.12 bits per heavy atom. The number of nitrogens with zero attached hydrogens (tertiary/aromatic N) is 2. The number of unbranched alkanes of at least 4 members (excludes halogenated alkanes) is 1. The molecule has 34 heavy (non-hydrogen) atoms. The van der Waals surface area contributed by atoms with Crippen molar-refractivity contribution >= 4 is 38.7 Å². The Balaban J connectivity index is 1.13. The summed E-state index contributed by atoms with van der Waals surface area (Å²) < 4.78 is 27.4. The van der Waals surface area contributed by atoms with Crippen LogP contribution in [0.5, 0.6) is 0 Å². The molecule has 8 heteroatoms. The molecule has 1 aromatic carbocycles. The summed E-state index contributed by atoms with van der Waals surface area (Å²) in [5.41, 5.74) is 1.46. The molecule has 0 bridgehead atoms. The molecular formula is C26H34N4O3S. The third kappa shape index (κ3) is 4.70. The molecule has 1 aromatic heterocycles. The van der Waals surface area contributed by atoms with E-state index in [0.29, 0.717) is 44.7 Å². The zero-order valence-corrected chi connectivity index (χ0v) is 20.4. The lowest BCUT2D eigenvalue weighted by atomic mass is 9.88. The molecule has 1 saturated carbocycles. The van der Waals surface area contributed by atoms with Crippen LogP contribution in [0.1, 0.15) is 63.4 Å². The van der Waals surface area contributed by atoms with Gasteiger partial charge in [-0.1, -0.05) is 43.5 Å². The largest absolute Gasteiger partial charge is 0.361 e. The van der Waals surface area contributed by atoms with Crippen molar-refractivity contribution in [3.05, 3.63) is 42.1 Å². The van der Waals surface area contributed by atoms with E-state index in [-0.39, 0.29) is 11.7 Å². The highest BCUT2D eigenvalue weighted by Gasteiger charge is 2.48. The minimum Gasteiger partial charge on any atom is -0.361 e. The lowest BCUT2D eigenvalue weighted by Gasteiger charge is -2.34. The third-order valence-electron chi connectivity index (χ3n) is 7.63. The summed E-state index contributed by atoms with van der Waals surface area (Å²) in [5.74, 6) is 1.30. The molecule has 2 aromatic rings. The number of hydrogen-bond donors (Lipinski definition) is 2. The number of piperidine rings is 1. The van der Waals surface area contributed by atoms with Crippen LogP contribution in [-0.2, 0) is 14.8 Å². The second kappa shape index (κ2) is 9.66.